The molecular formula is C22H24FN3O4S. The van der Waals surface area contributed by atoms with Gasteiger partial charge in [-0.2, -0.15) is 0 Å². The number of esters is 1. The molecule has 0 unspecified atom stereocenters. The summed E-state index contributed by atoms with van der Waals surface area (Å²) >= 11 is 1.25. The fraction of sp³-hybridized carbons (Fsp3) is 0.409. The number of rotatable bonds is 6. The first kappa shape index (κ1) is 21.5. The van der Waals surface area contributed by atoms with Crippen LogP contribution in [0, 0.1) is 12.7 Å². The van der Waals surface area contributed by atoms with Gasteiger partial charge >= 0.3 is 5.97 Å². The van der Waals surface area contributed by atoms with Gasteiger partial charge in [0.25, 0.3) is 0 Å². The Morgan fingerprint density at radius 2 is 2.06 bits per heavy atom. The summed E-state index contributed by atoms with van der Waals surface area (Å²) in [7, 11) is 0. The van der Waals surface area contributed by atoms with Crippen molar-refractivity contribution in [2.45, 2.75) is 51.7 Å². The van der Waals surface area contributed by atoms with Crippen molar-refractivity contribution in [1.82, 2.24) is 9.97 Å². The number of halogens is 1. The van der Waals surface area contributed by atoms with Gasteiger partial charge in [0, 0.05) is 6.07 Å². The van der Waals surface area contributed by atoms with Crippen molar-refractivity contribution in [3.05, 3.63) is 40.8 Å². The predicted octanol–water partition coefficient (Wildman–Crippen LogP) is 4.74. The average molecular weight is 446 g/mol. The summed E-state index contributed by atoms with van der Waals surface area (Å²) in [6, 6.07) is 4.29. The maximum Gasteiger partial charge on any atom is 0.348 e. The van der Waals surface area contributed by atoms with E-state index in [1.165, 1.54) is 29.8 Å². The van der Waals surface area contributed by atoms with Gasteiger partial charge in [-0.15, -0.1) is 11.3 Å². The smallest absolute Gasteiger partial charge is 0.348 e. The van der Waals surface area contributed by atoms with E-state index >= 15 is 0 Å². The second-order valence-corrected chi connectivity index (χ2v) is 8.49. The summed E-state index contributed by atoms with van der Waals surface area (Å²) < 4.78 is 25.2. The maximum atomic E-state index is 14.0. The Balaban J connectivity index is 1.65. The van der Waals surface area contributed by atoms with E-state index in [0.717, 1.165) is 5.56 Å². The Labute approximate surface area is 183 Å². The summed E-state index contributed by atoms with van der Waals surface area (Å²) in [5, 5.41) is 13.7. The third-order valence-electron chi connectivity index (χ3n) is 5.32. The largest absolute Gasteiger partial charge is 0.488 e. The molecule has 0 radical (unpaired) electrons. The molecule has 7 nitrogen and oxygen atoms in total. The quantitative estimate of drug-likeness (QED) is 0.529. The maximum absolute atomic E-state index is 14.0. The van der Waals surface area contributed by atoms with E-state index < -0.39 is 5.82 Å². The molecule has 0 spiro atoms. The highest BCUT2D eigenvalue weighted by molar-refractivity contribution is 7.20. The molecule has 2 N–H and O–H groups in total. The number of benzene rings is 1. The number of carbonyl (C=O) groups excluding carboxylic acids is 1. The van der Waals surface area contributed by atoms with Crippen LogP contribution < -0.4 is 10.1 Å². The summed E-state index contributed by atoms with van der Waals surface area (Å²) in [6.07, 6.45) is 3.79. The SMILES string of the molecule is CCOC(=O)c1sc2ncnc(Nc3ccc(F)cc3OC3CCC(O)CC3)c2c1C. The zero-order chi connectivity index (χ0) is 22.0. The molecule has 1 aliphatic carbocycles. The third-order valence-corrected chi connectivity index (χ3v) is 6.50. The number of nitrogens with one attached hydrogen (secondary N) is 1. The molecule has 2 aromatic heterocycles. The first-order chi connectivity index (χ1) is 15.0. The van der Waals surface area contributed by atoms with Crippen LogP contribution in [0.5, 0.6) is 5.75 Å². The monoisotopic (exact) mass is 445 g/mol. The lowest BCUT2D eigenvalue weighted by Gasteiger charge is -2.27. The summed E-state index contributed by atoms with van der Waals surface area (Å²) in [5.74, 6) is 0.0938. The molecular weight excluding hydrogens is 421 g/mol. The van der Waals surface area contributed by atoms with E-state index in [2.05, 4.69) is 15.3 Å². The highest BCUT2D eigenvalue weighted by Gasteiger charge is 2.23. The van der Waals surface area contributed by atoms with E-state index in [1.807, 2.05) is 6.92 Å². The van der Waals surface area contributed by atoms with Gasteiger partial charge in [0.1, 0.15) is 33.4 Å². The molecule has 9 heteroatoms. The van der Waals surface area contributed by atoms with Crippen molar-refractivity contribution in [3.8, 4) is 5.75 Å². The van der Waals surface area contributed by atoms with Crippen molar-refractivity contribution in [2.75, 3.05) is 11.9 Å². The number of nitrogens with zero attached hydrogens (tertiary/aromatic N) is 2. The minimum absolute atomic E-state index is 0.0885. The number of fused-ring (bicyclic) bond motifs is 1. The van der Waals surface area contributed by atoms with E-state index in [0.29, 0.717) is 58.0 Å². The number of anilines is 2. The zero-order valence-electron chi connectivity index (χ0n) is 17.4. The molecule has 31 heavy (non-hydrogen) atoms. The fourth-order valence-electron chi connectivity index (χ4n) is 3.72. The number of aryl methyl sites for hydroxylation is 1. The normalized spacial score (nSPS) is 18.7. The molecule has 1 aromatic carbocycles. The van der Waals surface area contributed by atoms with E-state index in [9.17, 15) is 14.3 Å². The lowest BCUT2D eigenvalue weighted by molar-refractivity contribution is 0.0531. The van der Waals surface area contributed by atoms with Crippen LogP contribution in [0.3, 0.4) is 0 Å². The highest BCUT2D eigenvalue weighted by Crippen LogP contribution is 2.37. The van der Waals surface area contributed by atoms with E-state index in [1.54, 1.807) is 13.0 Å². The zero-order valence-corrected chi connectivity index (χ0v) is 18.2. The van der Waals surface area contributed by atoms with Crippen molar-refractivity contribution in [1.29, 1.82) is 0 Å². The lowest BCUT2D eigenvalue weighted by Crippen LogP contribution is -2.26. The number of carbonyl (C=O) groups is 1. The Morgan fingerprint density at radius 1 is 1.29 bits per heavy atom. The lowest BCUT2D eigenvalue weighted by atomic mass is 9.95. The van der Waals surface area contributed by atoms with Crippen LogP contribution in [-0.2, 0) is 4.74 Å². The van der Waals surface area contributed by atoms with Gasteiger partial charge in [0.2, 0.25) is 0 Å². The number of thiophene rings is 1. The van der Waals surface area contributed by atoms with E-state index in [-0.39, 0.29) is 24.8 Å². The molecule has 0 atom stereocenters. The Kier molecular flexibility index (Phi) is 6.33. The van der Waals surface area contributed by atoms with Crippen LogP contribution in [0.2, 0.25) is 0 Å². The first-order valence-corrected chi connectivity index (χ1v) is 11.1. The number of aliphatic hydroxyl groups is 1. The molecule has 0 bridgehead atoms. The van der Waals surface area contributed by atoms with Crippen LogP contribution in [-0.4, -0.2) is 39.9 Å². The highest BCUT2D eigenvalue weighted by atomic mass is 32.1. The molecule has 1 fully saturated rings. The Bertz CT molecular complexity index is 1100. The second-order valence-electron chi connectivity index (χ2n) is 7.49. The molecule has 164 valence electrons. The van der Waals surface area contributed by atoms with Crippen LogP contribution >= 0.6 is 11.3 Å². The topological polar surface area (TPSA) is 93.6 Å². The first-order valence-electron chi connectivity index (χ1n) is 10.3. The third kappa shape index (κ3) is 4.62. The molecule has 0 saturated heterocycles. The standard InChI is InChI=1S/C22H24FN3O4S/c1-3-29-22(28)19-12(2)18-20(24-11-25-21(18)31-19)26-16-9-4-13(23)10-17(16)30-15-7-5-14(27)6-8-15/h4,9-11,14-15,27H,3,5-8H2,1-2H3,(H,24,25,26). The number of hydrogen-bond acceptors (Lipinski definition) is 8. The van der Waals surface area contributed by atoms with Gasteiger partial charge < -0.3 is 19.9 Å². The molecule has 0 aliphatic heterocycles. The summed E-state index contributed by atoms with van der Waals surface area (Å²) in [4.78, 5) is 22.1. The van der Waals surface area contributed by atoms with Gasteiger partial charge in [-0.25, -0.2) is 19.2 Å². The summed E-state index contributed by atoms with van der Waals surface area (Å²) in [6.45, 7) is 3.88. The van der Waals surface area contributed by atoms with Gasteiger partial charge in [-0.1, -0.05) is 0 Å². The van der Waals surface area contributed by atoms with Crippen molar-refractivity contribution in [3.63, 3.8) is 0 Å². The van der Waals surface area contributed by atoms with Gasteiger partial charge in [0.05, 0.1) is 29.9 Å². The molecule has 3 aromatic rings. The van der Waals surface area contributed by atoms with Gasteiger partial charge in [-0.3, -0.25) is 0 Å². The predicted molar refractivity (Wildman–Crippen MR) is 117 cm³/mol. The number of ether oxygens (including phenoxy) is 2. The molecule has 0 amide bonds. The molecule has 1 aliphatic rings. The van der Waals surface area contributed by atoms with Gasteiger partial charge in [-0.05, 0) is 57.2 Å². The van der Waals surface area contributed by atoms with Gasteiger partial charge in [0.15, 0.2) is 0 Å². The van der Waals surface area contributed by atoms with Crippen molar-refractivity contribution in [2.24, 2.45) is 0 Å². The average Bonchev–Trinajstić information content (AvgIpc) is 3.09. The fourth-order valence-corrected chi connectivity index (χ4v) is 4.77. The molecule has 2 heterocycles. The molecule has 4 rings (SSSR count). The van der Waals surface area contributed by atoms with E-state index in [4.69, 9.17) is 9.47 Å². The Hall–Kier alpha value is -2.78. The Morgan fingerprint density at radius 3 is 2.81 bits per heavy atom. The minimum atomic E-state index is -0.402. The number of aliphatic hydroxyl groups excluding tert-OH is 1. The van der Waals surface area contributed by atoms with Crippen LogP contribution in [0.1, 0.15) is 47.8 Å². The summed E-state index contributed by atoms with van der Waals surface area (Å²) in [5.41, 5.74) is 1.29. The van der Waals surface area contributed by atoms with Crippen LogP contribution in [0.25, 0.3) is 10.2 Å². The number of aromatic nitrogens is 2. The minimum Gasteiger partial charge on any atom is -0.488 e. The second kappa shape index (κ2) is 9.15. The molecule has 1 saturated carbocycles. The van der Waals surface area contributed by atoms with Crippen LogP contribution in [0.4, 0.5) is 15.9 Å². The number of hydrogen-bond donors (Lipinski definition) is 2. The van der Waals surface area contributed by atoms with Crippen molar-refractivity contribution >= 4 is 39.0 Å². The van der Waals surface area contributed by atoms with Crippen molar-refractivity contribution < 1.29 is 23.8 Å². The van der Waals surface area contributed by atoms with Crippen LogP contribution in [0.15, 0.2) is 24.5 Å².